The number of aliphatic carboxylic acids is 1. The Kier molecular flexibility index (Phi) is 6.86. The van der Waals surface area contributed by atoms with Crippen LogP contribution >= 0.6 is 11.6 Å². The highest BCUT2D eigenvalue weighted by Gasteiger charge is 2.19. The van der Waals surface area contributed by atoms with Crippen molar-refractivity contribution in [3.05, 3.63) is 88.5 Å². The summed E-state index contributed by atoms with van der Waals surface area (Å²) in [4.78, 5) is 15.2. The first kappa shape index (κ1) is 22.0. The Bertz CT molecular complexity index is 1230. The topological polar surface area (TPSA) is 67.5 Å². The van der Waals surface area contributed by atoms with Crippen LogP contribution in [0.25, 0.3) is 16.6 Å². The van der Waals surface area contributed by atoms with E-state index in [1.54, 1.807) is 6.20 Å². The molecule has 0 radical (unpaired) electrons. The Balaban J connectivity index is 1.89. The second kappa shape index (κ2) is 9.96. The van der Waals surface area contributed by atoms with E-state index in [-0.39, 0.29) is 6.42 Å². The highest BCUT2D eigenvalue weighted by atomic mass is 35.5. The number of carbonyl (C=O) groups is 1. The highest BCUT2D eigenvalue weighted by Crippen LogP contribution is 2.34. The van der Waals surface area contributed by atoms with Crippen molar-refractivity contribution < 1.29 is 9.90 Å². The molecule has 0 saturated carbocycles. The molecule has 0 amide bonds. The summed E-state index contributed by atoms with van der Waals surface area (Å²) < 4.78 is 2.04. The maximum atomic E-state index is 11.0. The van der Waals surface area contributed by atoms with Gasteiger partial charge in [-0.1, -0.05) is 48.9 Å². The number of nitrogens with zero attached hydrogens (tertiary/aromatic N) is 3. The van der Waals surface area contributed by atoms with Gasteiger partial charge in [0, 0.05) is 30.3 Å². The van der Waals surface area contributed by atoms with Crippen LogP contribution in [-0.4, -0.2) is 25.7 Å². The van der Waals surface area contributed by atoms with Gasteiger partial charge in [-0.05, 0) is 66.6 Å². The summed E-state index contributed by atoms with van der Waals surface area (Å²) in [5, 5.41) is 14.6. The summed E-state index contributed by atoms with van der Waals surface area (Å²) in [6, 6.07) is 18.4. The van der Waals surface area contributed by atoms with Crippen molar-refractivity contribution in [2.75, 3.05) is 0 Å². The molecule has 0 fully saturated rings. The number of pyridine rings is 1. The SMILES string of the molecule is CCc1ccc2c(-c3ccnc(Cl)c3)c(CCCCC(=O)O)c(Cc3ccccc3)nn12. The molecule has 6 heteroatoms. The second-order valence-electron chi connectivity index (χ2n) is 7.91. The highest BCUT2D eigenvalue weighted by molar-refractivity contribution is 6.29. The number of carboxylic acid groups (broad SMARTS) is 1. The number of fused-ring (bicyclic) bond motifs is 1. The smallest absolute Gasteiger partial charge is 0.303 e. The summed E-state index contributed by atoms with van der Waals surface area (Å²) in [6.07, 6.45) is 5.64. The average Bonchev–Trinajstić information content (AvgIpc) is 3.19. The molecule has 0 aliphatic carbocycles. The summed E-state index contributed by atoms with van der Waals surface area (Å²) in [5.74, 6) is -0.761. The van der Waals surface area contributed by atoms with Crippen molar-refractivity contribution in [3.63, 3.8) is 0 Å². The lowest BCUT2D eigenvalue weighted by Gasteiger charge is -2.18. The lowest BCUT2D eigenvalue weighted by molar-refractivity contribution is -0.137. The monoisotopic (exact) mass is 447 g/mol. The molecule has 1 N–H and O–H groups in total. The van der Waals surface area contributed by atoms with E-state index >= 15 is 0 Å². The lowest BCUT2D eigenvalue weighted by Crippen LogP contribution is -2.10. The molecule has 0 aliphatic heterocycles. The molecule has 0 bridgehead atoms. The Hall–Kier alpha value is -3.18. The fraction of sp³-hybridized carbons (Fsp3) is 0.269. The zero-order valence-corrected chi connectivity index (χ0v) is 18.8. The summed E-state index contributed by atoms with van der Waals surface area (Å²) >= 11 is 6.26. The Labute approximate surface area is 192 Å². The van der Waals surface area contributed by atoms with Crippen LogP contribution in [-0.2, 0) is 24.1 Å². The molecular weight excluding hydrogens is 422 g/mol. The van der Waals surface area contributed by atoms with E-state index in [9.17, 15) is 4.79 Å². The number of carboxylic acids is 1. The van der Waals surface area contributed by atoms with Gasteiger partial charge in [0.1, 0.15) is 5.15 Å². The number of rotatable bonds is 9. The van der Waals surface area contributed by atoms with Crippen LogP contribution in [0.1, 0.15) is 48.7 Å². The van der Waals surface area contributed by atoms with Gasteiger partial charge >= 0.3 is 5.97 Å². The second-order valence-corrected chi connectivity index (χ2v) is 8.29. The van der Waals surface area contributed by atoms with E-state index in [1.807, 2.05) is 34.8 Å². The lowest BCUT2D eigenvalue weighted by atomic mass is 9.92. The van der Waals surface area contributed by atoms with Crippen molar-refractivity contribution >= 4 is 23.1 Å². The van der Waals surface area contributed by atoms with Gasteiger partial charge in [0.25, 0.3) is 0 Å². The van der Waals surface area contributed by atoms with Gasteiger partial charge in [-0.2, -0.15) is 5.10 Å². The van der Waals surface area contributed by atoms with Crippen LogP contribution < -0.4 is 0 Å². The molecule has 0 spiro atoms. The third kappa shape index (κ3) is 4.83. The largest absolute Gasteiger partial charge is 0.481 e. The van der Waals surface area contributed by atoms with E-state index in [0.29, 0.717) is 18.0 Å². The molecule has 0 aliphatic rings. The number of hydrogen-bond donors (Lipinski definition) is 1. The Morgan fingerprint density at radius 3 is 2.62 bits per heavy atom. The van der Waals surface area contributed by atoms with Crippen LogP contribution in [0, 0.1) is 0 Å². The predicted molar refractivity (Wildman–Crippen MR) is 127 cm³/mol. The molecule has 0 atom stereocenters. The van der Waals surface area contributed by atoms with Crippen LogP contribution in [0.15, 0.2) is 60.8 Å². The molecule has 0 saturated heterocycles. The number of hydrogen-bond acceptors (Lipinski definition) is 3. The zero-order valence-electron chi connectivity index (χ0n) is 18.1. The van der Waals surface area contributed by atoms with Crippen LogP contribution in [0.3, 0.4) is 0 Å². The number of unbranched alkanes of at least 4 members (excludes halogenated alkanes) is 1. The van der Waals surface area contributed by atoms with Crippen molar-refractivity contribution in [1.29, 1.82) is 0 Å². The Morgan fingerprint density at radius 2 is 1.91 bits per heavy atom. The van der Waals surface area contributed by atoms with E-state index in [2.05, 4.69) is 36.2 Å². The third-order valence-corrected chi connectivity index (χ3v) is 5.93. The maximum absolute atomic E-state index is 11.0. The number of aromatic nitrogens is 3. The summed E-state index contributed by atoms with van der Waals surface area (Å²) in [6.45, 7) is 2.13. The number of aryl methyl sites for hydroxylation is 1. The van der Waals surface area contributed by atoms with E-state index in [0.717, 1.165) is 52.9 Å². The number of benzene rings is 1. The van der Waals surface area contributed by atoms with Gasteiger partial charge < -0.3 is 5.11 Å². The minimum absolute atomic E-state index is 0.172. The van der Waals surface area contributed by atoms with Gasteiger partial charge in [0.2, 0.25) is 0 Å². The molecule has 3 aromatic heterocycles. The minimum Gasteiger partial charge on any atom is -0.481 e. The van der Waals surface area contributed by atoms with Gasteiger partial charge in [0.15, 0.2) is 0 Å². The molecule has 5 nitrogen and oxygen atoms in total. The molecule has 0 unspecified atom stereocenters. The van der Waals surface area contributed by atoms with Gasteiger partial charge in [-0.25, -0.2) is 9.50 Å². The fourth-order valence-electron chi connectivity index (χ4n) is 4.18. The molecule has 3 heterocycles. The van der Waals surface area contributed by atoms with Crippen LogP contribution in [0.4, 0.5) is 0 Å². The quantitative estimate of drug-likeness (QED) is 0.252. The third-order valence-electron chi connectivity index (χ3n) is 5.72. The average molecular weight is 448 g/mol. The fourth-order valence-corrected chi connectivity index (χ4v) is 4.36. The molecule has 32 heavy (non-hydrogen) atoms. The molecule has 1 aromatic carbocycles. The molecule has 164 valence electrons. The summed E-state index contributed by atoms with van der Waals surface area (Å²) in [5.41, 5.74) is 7.63. The van der Waals surface area contributed by atoms with Gasteiger partial charge in [0.05, 0.1) is 11.2 Å². The first-order valence-corrected chi connectivity index (χ1v) is 11.3. The van der Waals surface area contributed by atoms with Gasteiger partial charge in [-0.3, -0.25) is 4.79 Å². The zero-order chi connectivity index (χ0) is 22.5. The standard InChI is InChI=1S/C26H26ClN3O2/c1-2-20-12-13-23-26(19-14-15-28-24(27)17-19)21(10-6-7-11-25(31)32)22(29-30(20)23)16-18-8-4-3-5-9-18/h3-5,8-9,12-15,17H,2,6-7,10-11,16H2,1H3,(H,31,32). The first-order chi connectivity index (χ1) is 15.6. The van der Waals surface area contributed by atoms with Crippen molar-refractivity contribution in [1.82, 2.24) is 14.6 Å². The van der Waals surface area contributed by atoms with E-state index in [1.165, 1.54) is 5.56 Å². The predicted octanol–water partition coefficient (Wildman–Crippen LogP) is 6.00. The van der Waals surface area contributed by atoms with Crippen molar-refractivity contribution in [2.45, 2.75) is 45.4 Å². The normalized spacial score (nSPS) is 11.2. The van der Waals surface area contributed by atoms with Crippen molar-refractivity contribution in [2.24, 2.45) is 0 Å². The summed E-state index contributed by atoms with van der Waals surface area (Å²) in [7, 11) is 0. The minimum atomic E-state index is -0.761. The van der Waals surface area contributed by atoms with Crippen molar-refractivity contribution in [3.8, 4) is 11.1 Å². The first-order valence-electron chi connectivity index (χ1n) is 11.0. The molecular formula is C26H26ClN3O2. The Morgan fingerprint density at radius 1 is 1.09 bits per heavy atom. The molecule has 4 aromatic rings. The van der Waals surface area contributed by atoms with Crippen LogP contribution in [0.2, 0.25) is 5.15 Å². The molecule has 4 rings (SSSR count). The van der Waals surface area contributed by atoms with Crippen LogP contribution in [0.5, 0.6) is 0 Å². The van der Waals surface area contributed by atoms with E-state index < -0.39 is 5.97 Å². The number of halogens is 1. The van der Waals surface area contributed by atoms with Gasteiger partial charge in [-0.15, -0.1) is 0 Å². The maximum Gasteiger partial charge on any atom is 0.303 e. The van der Waals surface area contributed by atoms with E-state index in [4.69, 9.17) is 21.8 Å².